The average Bonchev–Trinajstić information content (AvgIpc) is 3.90. The number of ether oxygens (including phenoxy) is 1. The van der Waals surface area contributed by atoms with Crippen LogP contribution in [0.3, 0.4) is 0 Å². The number of halogens is 2. The summed E-state index contributed by atoms with van der Waals surface area (Å²) >= 11 is 0. The minimum absolute atomic E-state index is 0.00700. The Morgan fingerprint density at radius 3 is 2.35 bits per heavy atom. The summed E-state index contributed by atoms with van der Waals surface area (Å²) in [4.78, 5) is 63.3. The normalized spacial score (nSPS) is 20.9. The summed E-state index contributed by atoms with van der Waals surface area (Å²) in [7, 11) is 0. The van der Waals surface area contributed by atoms with Gasteiger partial charge in [0, 0.05) is 82.4 Å². The first-order valence-electron chi connectivity index (χ1n) is 21.2. The minimum atomic E-state index is -2.86. The molecule has 1 aromatic carbocycles. The van der Waals surface area contributed by atoms with Gasteiger partial charge < -0.3 is 24.8 Å². The number of carbonyl (C=O) groups is 4. The van der Waals surface area contributed by atoms with Gasteiger partial charge in [0.1, 0.15) is 11.4 Å². The van der Waals surface area contributed by atoms with E-state index in [0.29, 0.717) is 61.5 Å². The molecule has 318 valence electrons. The summed E-state index contributed by atoms with van der Waals surface area (Å²) in [6.07, 6.45) is 10.2. The van der Waals surface area contributed by atoms with Crippen LogP contribution in [0.15, 0.2) is 48.9 Å². The van der Waals surface area contributed by atoms with E-state index in [1.807, 2.05) is 11.0 Å². The summed E-state index contributed by atoms with van der Waals surface area (Å²) in [5, 5.41) is 13.6. The number of fused-ring (bicyclic) bond motifs is 1. The van der Waals surface area contributed by atoms with Gasteiger partial charge in [-0.1, -0.05) is 0 Å². The van der Waals surface area contributed by atoms with Crippen LogP contribution in [0.1, 0.15) is 96.7 Å². The number of alkyl halides is 2. The smallest absolute Gasteiger partial charge is 0.328 e. The topological polar surface area (TPSA) is 163 Å². The molecule has 0 unspecified atom stereocenters. The third-order valence-corrected chi connectivity index (χ3v) is 13.4. The van der Waals surface area contributed by atoms with E-state index in [1.54, 1.807) is 35.1 Å². The van der Waals surface area contributed by atoms with Crippen molar-refractivity contribution >= 4 is 46.6 Å². The molecule has 0 radical (unpaired) electrons. The zero-order chi connectivity index (χ0) is 41.4. The number of rotatable bonds is 9. The number of urea groups is 1. The van der Waals surface area contributed by atoms with Crippen molar-refractivity contribution in [3.05, 3.63) is 65.7 Å². The molecule has 3 aromatic heterocycles. The number of hydrogen-bond acceptors (Lipinski definition) is 10. The zero-order valence-corrected chi connectivity index (χ0v) is 33.6. The van der Waals surface area contributed by atoms with E-state index in [2.05, 4.69) is 35.6 Å². The van der Waals surface area contributed by atoms with Crippen LogP contribution in [0, 0.1) is 11.3 Å². The Bertz CT molecular complexity index is 2210. The molecule has 1 aliphatic carbocycles. The zero-order valence-electron chi connectivity index (χ0n) is 33.6. The second-order valence-corrected chi connectivity index (χ2v) is 16.9. The highest BCUT2D eigenvalue weighted by Crippen LogP contribution is 2.47. The molecule has 4 saturated heterocycles. The van der Waals surface area contributed by atoms with Gasteiger partial charge in [-0.2, -0.15) is 10.2 Å². The van der Waals surface area contributed by atoms with Crippen LogP contribution in [-0.4, -0.2) is 124 Å². The maximum atomic E-state index is 14.3. The highest BCUT2D eigenvalue weighted by molar-refractivity contribution is 6.08. The van der Waals surface area contributed by atoms with Crippen molar-refractivity contribution in [1.82, 2.24) is 39.5 Å². The number of piperidine rings is 2. The Morgan fingerprint density at radius 1 is 0.917 bits per heavy atom. The molecule has 7 heterocycles. The molecule has 5 amide bonds. The van der Waals surface area contributed by atoms with Gasteiger partial charge in [0.15, 0.2) is 11.3 Å². The number of hydrogen-bond donors (Lipinski definition) is 2. The van der Waals surface area contributed by atoms with Crippen molar-refractivity contribution in [2.24, 2.45) is 11.3 Å². The van der Waals surface area contributed by atoms with E-state index in [-0.39, 0.29) is 40.9 Å². The summed E-state index contributed by atoms with van der Waals surface area (Å²) in [5.74, 6) is 0.447. The molecule has 2 N–H and O–H groups in total. The number of nitrogens with zero attached hydrogens (tertiary/aromatic N) is 9. The highest BCUT2D eigenvalue weighted by atomic mass is 19.3. The molecule has 4 aromatic rings. The number of carbonyl (C=O) groups excluding carboxylic acids is 4. The third kappa shape index (κ3) is 8.31. The maximum Gasteiger partial charge on any atom is 0.328 e. The number of amides is 5. The SMILES string of the molecule is O=C1CCN(c2ccc(C(=O)N3CCC4(CCC(CN5CCC(n6cc(NC(=O)c7cnn8ccc(N9CCOCC9)nc78)c(C(F)F)n6)CC5)CC4)CC3)cc2)C(=O)N1. The van der Waals surface area contributed by atoms with Gasteiger partial charge in [-0.25, -0.2) is 23.1 Å². The van der Waals surface area contributed by atoms with E-state index in [9.17, 15) is 28.0 Å². The van der Waals surface area contributed by atoms with Crippen molar-refractivity contribution in [2.75, 3.05) is 80.7 Å². The second kappa shape index (κ2) is 16.9. The van der Waals surface area contributed by atoms with Crippen molar-refractivity contribution in [2.45, 2.75) is 70.3 Å². The number of imide groups is 1. The molecule has 18 heteroatoms. The lowest BCUT2D eigenvalue weighted by molar-refractivity contribution is -0.120. The molecule has 4 aliphatic heterocycles. The van der Waals surface area contributed by atoms with Crippen molar-refractivity contribution in [3.63, 3.8) is 0 Å². The molecule has 5 aliphatic rings. The van der Waals surface area contributed by atoms with Crippen LogP contribution in [0.4, 0.5) is 30.8 Å². The third-order valence-electron chi connectivity index (χ3n) is 13.4. The highest BCUT2D eigenvalue weighted by Gasteiger charge is 2.40. The average molecular weight is 828 g/mol. The molecule has 5 fully saturated rings. The minimum Gasteiger partial charge on any atom is -0.378 e. The number of likely N-dealkylation sites (tertiary alicyclic amines) is 2. The lowest BCUT2D eigenvalue weighted by Crippen LogP contribution is -2.49. The lowest BCUT2D eigenvalue weighted by Gasteiger charge is -2.47. The first-order valence-corrected chi connectivity index (χ1v) is 21.2. The predicted molar refractivity (Wildman–Crippen MR) is 217 cm³/mol. The Labute approximate surface area is 346 Å². The van der Waals surface area contributed by atoms with Gasteiger partial charge in [0.25, 0.3) is 18.2 Å². The molecule has 16 nitrogen and oxygen atoms in total. The lowest BCUT2D eigenvalue weighted by atomic mass is 9.65. The van der Waals surface area contributed by atoms with Crippen molar-refractivity contribution in [3.8, 4) is 0 Å². The fraction of sp³-hybridized carbons (Fsp3) is 0.548. The van der Waals surface area contributed by atoms with E-state index in [0.717, 1.165) is 84.1 Å². The monoisotopic (exact) mass is 827 g/mol. The summed E-state index contributed by atoms with van der Waals surface area (Å²) in [6, 6.07) is 8.39. The van der Waals surface area contributed by atoms with Gasteiger partial charge in [-0.3, -0.25) is 29.3 Å². The van der Waals surface area contributed by atoms with Gasteiger partial charge in [0.05, 0.1) is 31.1 Å². The maximum absolute atomic E-state index is 14.3. The fourth-order valence-electron chi connectivity index (χ4n) is 9.69. The van der Waals surface area contributed by atoms with Crippen LogP contribution >= 0.6 is 0 Å². The predicted octanol–water partition coefficient (Wildman–Crippen LogP) is 5.15. The van der Waals surface area contributed by atoms with Crippen LogP contribution < -0.4 is 20.4 Å². The van der Waals surface area contributed by atoms with Crippen molar-refractivity contribution < 1.29 is 32.7 Å². The van der Waals surface area contributed by atoms with Gasteiger partial charge >= 0.3 is 6.03 Å². The molecule has 9 rings (SSSR count). The Morgan fingerprint density at radius 2 is 1.65 bits per heavy atom. The molecule has 1 saturated carbocycles. The van der Waals surface area contributed by atoms with Crippen molar-refractivity contribution in [1.29, 1.82) is 0 Å². The Balaban J connectivity index is 0.738. The van der Waals surface area contributed by atoms with E-state index in [1.165, 1.54) is 21.8 Å². The number of nitrogens with one attached hydrogen (secondary N) is 2. The Hall–Kier alpha value is -5.49. The number of aromatic nitrogens is 5. The number of morpholine rings is 1. The van der Waals surface area contributed by atoms with E-state index in [4.69, 9.17) is 4.74 Å². The molecular formula is C42H51F2N11O5. The van der Waals surface area contributed by atoms with Gasteiger partial charge in [-0.15, -0.1) is 0 Å². The van der Waals surface area contributed by atoms with Crippen LogP contribution in [0.2, 0.25) is 0 Å². The van der Waals surface area contributed by atoms with Crippen LogP contribution in [0.5, 0.6) is 0 Å². The fourth-order valence-corrected chi connectivity index (χ4v) is 9.69. The molecular weight excluding hydrogens is 777 g/mol. The van der Waals surface area contributed by atoms with Crippen LogP contribution in [-0.2, 0) is 9.53 Å². The quantitative estimate of drug-likeness (QED) is 0.231. The largest absolute Gasteiger partial charge is 0.378 e. The molecule has 0 bridgehead atoms. The molecule has 1 spiro atoms. The molecule has 60 heavy (non-hydrogen) atoms. The van der Waals surface area contributed by atoms with Crippen LogP contribution in [0.25, 0.3) is 5.65 Å². The summed E-state index contributed by atoms with van der Waals surface area (Å²) in [6.45, 7) is 7.02. The first kappa shape index (κ1) is 39.9. The van der Waals surface area contributed by atoms with E-state index >= 15 is 0 Å². The second-order valence-electron chi connectivity index (χ2n) is 16.9. The number of anilines is 3. The van der Waals surface area contributed by atoms with Gasteiger partial charge in [-0.05, 0) is 93.0 Å². The van der Waals surface area contributed by atoms with E-state index < -0.39 is 24.1 Å². The summed E-state index contributed by atoms with van der Waals surface area (Å²) < 4.78 is 37.1. The standard InChI is InChI=1S/C42H51F2N11O5/c43-37(44)36-33(46-39(57)32-25-45-54-18-9-34(47-38(32)54)51-21-23-60-24-22-51)27-55(49-36)31-7-15-50(16-8-31)26-28-5-11-42(12-6-28)13-19-52(20-14-42)40(58)29-1-3-30(4-2-29)53-17-10-35(56)48-41(53)59/h1-4,9,18,25,27-28,31,37H,5-8,10-17,19-24,26H2,(H,46,57)(H,48,56,59). The summed E-state index contributed by atoms with van der Waals surface area (Å²) in [5.41, 5.74) is 1.60. The Kier molecular flexibility index (Phi) is 11.2. The first-order chi connectivity index (χ1) is 29.1. The molecule has 0 atom stereocenters. The number of benzene rings is 1. The van der Waals surface area contributed by atoms with Gasteiger partial charge in [0.2, 0.25) is 5.91 Å².